The molecule has 156 valence electrons. The van der Waals surface area contributed by atoms with Crippen LogP contribution in [-0.4, -0.2) is 25.1 Å². The first-order valence-electron chi connectivity index (χ1n) is 9.51. The zero-order valence-corrected chi connectivity index (χ0v) is 18.3. The Hall–Kier alpha value is -3.19. The van der Waals surface area contributed by atoms with E-state index in [0.29, 0.717) is 24.5 Å². The topological polar surface area (TPSA) is 75.9 Å². The van der Waals surface area contributed by atoms with Gasteiger partial charge in [-0.25, -0.2) is 9.69 Å². The SMILES string of the molecule is [C-]#[N+]c1ccc(OCCCCBr)cc1.[C-]#[N+]c1ccc(OCCCCN=[N+]=[N-])cc1. The van der Waals surface area contributed by atoms with Crippen LogP contribution < -0.4 is 9.47 Å². The number of ether oxygens (including phenoxy) is 2. The maximum atomic E-state index is 8.05. The third kappa shape index (κ3) is 11.6. The lowest BCUT2D eigenvalue weighted by Gasteiger charge is -2.04. The standard InChI is InChI=1S/C11H12BrNO.C11H12N4O/c1-13-10-4-6-11(7-5-10)14-9-3-2-8-12;1-13-10-4-6-11(7-5-10)16-9-3-2-8-14-15-12/h4-7H,2-3,8-9H2;4-7H,2-3,8-9H2. The van der Waals surface area contributed by atoms with Gasteiger partial charge in [-0.1, -0.05) is 45.3 Å². The minimum Gasteiger partial charge on any atom is -0.494 e. The number of unbranched alkanes of at least 4 members (excludes halogenated alkanes) is 2. The number of alkyl halides is 1. The Balaban J connectivity index is 0.000000303. The van der Waals surface area contributed by atoms with E-state index in [-0.39, 0.29) is 0 Å². The molecule has 0 fully saturated rings. The van der Waals surface area contributed by atoms with E-state index in [1.807, 2.05) is 12.1 Å². The van der Waals surface area contributed by atoms with Crippen LogP contribution in [0.3, 0.4) is 0 Å². The lowest BCUT2D eigenvalue weighted by Crippen LogP contribution is -1.97. The maximum Gasteiger partial charge on any atom is 0.187 e. The minimum absolute atomic E-state index is 0.510. The molecule has 7 nitrogen and oxygen atoms in total. The lowest BCUT2D eigenvalue weighted by molar-refractivity contribution is 0.308. The van der Waals surface area contributed by atoms with E-state index < -0.39 is 0 Å². The first kappa shape index (κ1) is 24.8. The second-order valence-electron chi connectivity index (χ2n) is 5.97. The largest absolute Gasteiger partial charge is 0.494 e. The Morgan fingerprint density at radius 2 is 1.23 bits per heavy atom. The van der Waals surface area contributed by atoms with Crippen molar-refractivity contribution in [2.75, 3.05) is 25.1 Å². The van der Waals surface area contributed by atoms with Crippen molar-refractivity contribution in [1.29, 1.82) is 0 Å². The Kier molecular flexibility index (Phi) is 13.9. The number of hydrogen-bond donors (Lipinski definition) is 0. The van der Waals surface area contributed by atoms with Crippen molar-refractivity contribution in [3.63, 3.8) is 0 Å². The number of azide groups is 1. The summed E-state index contributed by atoms with van der Waals surface area (Å²) in [6.45, 7) is 15.4. The molecule has 0 saturated heterocycles. The molecule has 0 radical (unpaired) electrons. The summed E-state index contributed by atoms with van der Waals surface area (Å²) >= 11 is 3.37. The Labute approximate surface area is 186 Å². The number of halogens is 1. The van der Waals surface area contributed by atoms with Crippen LogP contribution in [0.5, 0.6) is 11.5 Å². The van der Waals surface area contributed by atoms with Crippen molar-refractivity contribution >= 4 is 27.3 Å². The molecule has 0 aliphatic carbocycles. The number of hydrogen-bond acceptors (Lipinski definition) is 3. The van der Waals surface area contributed by atoms with Gasteiger partial charge in [-0.2, -0.15) is 0 Å². The summed E-state index contributed by atoms with van der Waals surface area (Å²) < 4.78 is 10.9. The monoisotopic (exact) mass is 469 g/mol. The zero-order valence-electron chi connectivity index (χ0n) is 16.7. The Morgan fingerprint density at radius 3 is 1.63 bits per heavy atom. The Morgan fingerprint density at radius 1 is 0.767 bits per heavy atom. The summed E-state index contributed by atoms with van der Waals surface area (Å²) in [4.78, 5) is 9.27. The van der Waals surface area contributed by atoms with Gasteiger partial charge in [0.2, 0.25) is 0 Å². The average molecular weight is 470 g/mol. The fourth-order valence-electron chi connectivity index (χ4n) is 2.14. The molecule has 0 aliphatic rings. The molecule has 0 aliphatic heterocycles. The number of rotatable bonds is 11. The molecular weight excluding hydrogens is 446 g/mol. The molecule has 0 amide bonds. The summed E-state index contributed by atoms with van der Waals surface area (Å²) in [5, 5.41) is 4.45. The molecule has 0 heterocycles. The second kappa shape index (κ2) is 16.7. The van der Waals surface area contributed by atoms with E-state index in [1.165, 1.54) is 0 Å². The van der Waals surface area contributed by atoms with Gasteiger partial charge in [0.15, 0.2) is 11.4 Å². The van der Waals surface area contributed by atoms with Crippen LogP contribution >= 0.6 is 15.9 Å². The maximum absolute atomic E-state index is 8.05. The zero-order chi connectivity index (χ0) is 21.9. The molecule has 0 spiro atoms. The van der Waals surface area contributed by atoms with E-state index in [2.05, 4.69) is 35.6 Å². The van der Waals surface area contributed by atoms with Crippen molar-refractivity contribution in [3.8, 4) is 11.5 Å². The van der Waals surface area contributed by atoms with Gasteiger partial charge in [0.25, 0.3) is 0 Å². The predicted molar refractivity (Wildman–Crippen MR) is 123 cm³/mol. The highest BCUT2D eigenvalue weighted by Gasteiger charge is 1.95. The van der Waals surface area contributed by atoms with Gasteiger partial charge in [0.05, 0.1) is 26.4 Å². The van der Waals surface area contributed by atoms with E-state index in [9.17, 15) is 0 Å². The first-order valence-corrected chi connectivity index (χ1v) is 10.6. The molecule has 2 aromatic carbocycles. The summed E-state index contributed by atoms with van der Waals surface area (Å²) in [7, 11) is 0. The lowest BCUT2D eigenvalue weighted by atomic mass is 10.3. The van der Waals surface area contributed by atoms with Crippen LogP contribution in [0.4, 0.5) is 11.4 Å². The third-order valence-corrected chi connectivity index (χ3v) is 4.27. The second-order valence-corrected chi connectivity index (χ2v) is 6.76. The van der Waals surface area contributed by atoms with Crippen molar-refractivity contribution < 1.29 is 9.47 Å². The van der Waals surface area contributed by atoms with Gasteiger partial charge < -0.3 is 9.47 Å². The van der Waals surface area contributed by atoms with Crippen molar-refractivity contribution in [2.24, 2.45) is 5.11 Å². The molecular formula is C22H24BrN5O2. The highest BCUT2D eigenvalue weighted by atomic mass is 79.9. The minimum atomic E-state index is 0.510. The van der Waals surface area contributed by atoms with Gasteiger partial charge in [-0.3, -0.25) is 0 Å². The van der Waals surface area contributed by atoms with Gasteiger partial charge in [0.1, 0.15) is 11.5 Å². The third-order valence-electron chi connectivity index (χ3n) is 3.71. The average Bonchev–Trinajstić information content (AvgIpc) is 2.80. The molecule has 0 N–H and O–H groups in total. The summed E-state index contributed by atoms with van der Waals surface area (Å²) in [5.41, 5.74) is 9.31. The molecule has 2 rings (SSSR count). The highest BCUT2D eigenvalue weighted by molar-refractivity contribution is 9.09. The van der Waals surface area contributed by atoms with Gasteiger partial charge in [-0.15, -0.1) is 0 Å². The van der Waals surface area contributed by atoms with Gasteiger partial charge in [0, 0.05) is 16.8 Å². The molecule has 0 aromatic heterocycles. The fraction of sp³-hybridized carbons (Fsp3) is 0.364. The smallest absolute Gasteiger partial charge is 0.187 e. The van der Waals surface area contributed by atoms with E-state index >= 15 is 0 Å². The molecule has 0 atom stereocenters. The van der Waals surface area contributed by atoms with Gasteiger partial charge in [-0.05, 0) is 55.5 Å². The van der Waals surface area contributed by atoms with Crippen LogP contribution in [0.15, 0.2) is 53.6 Å². The van der Waals surface area contributed by atoms with Gasteiger partial charge >= 0.3 is 0 Å². The van der Waals surface area contributed by atoms with Crippen LogP contribution in [0.1, 0.15) is 25.7 Å². The fourth-order valence-corrected chi connectivity index (χ4v) is 2.54. The van der Waals surface area contributed by atoms with Crippen LogP contribution in [-0.2, 0) is 0 Å². The normalized spacial score (nSPS) is 9.17. The van der Waals surface area contributed by atoms with Crippen molar-refractivity contribution in [3.05, 3.63) is 81.8 Å². The summed E-state index contributed by atoms with van der Waals surface area (Å²) in [6.07, 6.45) is 3.85. The van der Waals surface area contributed by atoms with E-state index in [0.717, 1.165) is 49.1 Å². The molecule has 2 aromatic rings. The summed E-state index contributed by atoms with van der Waals surface area (Å²) in [6, 6.07) is 14.2. The number of benzene rings is 2. The molecule has 8 heteroatoms. The molecule has 30 heavy (non-hydrogen) atoms. The molecule has 0 bridgehead atoms. The molecule has 0 saturated carbocycles. The van der Waals surface area contributed by atoms with Crippen LogP contribution in [0.25, 0.3) is 20.1 Å². The quantitative estimate of drug-likeness (QED) is 0.0852. The predicted octanol–water partition coefficient (Wildman–Crippen LogP) is 7.50. The van der Waals surface area contributed by atoms with Crippen molar-refractivity contribution in [1.82, 2.24) is 0 Å². The van der Waals surface area contributed by atoms with Crippen LogP contribution in [0, 0.1) is 13.1 Å². The summed E-state index contributed by atoms with van der Waals surface area (Å²) in [5.74, 6) is 1.60. The van der Waals surface area contributed by atoms with E-state index in [4.69, 9.17) is 28.1 Å². The molecule has 0 unspecified atom stereocenters. The van der Waals surface area contributed by atoms with Crippen molar-refractivity contribution in [2.45, 2.75) is 25.7 Å². The first-order chi connectivity index (χ1) is 14.7. The number of nitrogens with zero attached hydrogens (tertiary/aromatic N) is 5. The van der Waals surface area contributed by atoms with Crippen LogP contribution in [0.2, 0.25) is 0 Å². The van der Waals surface area contributed by atoms with E-state index in [1.54, 1.807) is 36.4 Å². The Bertz CT molecular complexity index is 851. The highest BCUT2D eigenvalue weighted by Crippen LogP contribution is 2.18.